The summed E-state index contributed by atoms with van der Waals surface area (Å²) in [4.78, 5) is 27.2. The van der Waals surface area contributed by atoms with Crippen LogP contribution in [-0.4, -0.2) is 35.9 Å². The van der Waals surface area contributed by atoms with Crippen LogP contribution in [0.5, 0.6) is 5.75 Å². The minimum atomic E-state index is -0.593. The van der Waals surface area contributed by atoms with Crippen molar-refractivity contribution in [3.05, 3.63) is 65.2 Å². The molecule has 2 aromatic rings. The molecule has 0 unspecified atom stereocenters. The van der Waals surface area contributed by atoms with E-state index in [1.54, 1.807) is 11.8 Å². The minimum absolute atomic E-state index is 0.114. The molecule has 0 aliphatic rings. The van der Waals surface area contributed by atoms with E-state index in [2.05, 4.69) is 11.4 Å². The van der Waals surface area contributed by atoms with Crippen LogP contribution < -0.4 is 10.1 Å². The van der Waals surface area contributed by atoms with Gasteiger partial charge in [0.1, 0.15) is 11.8 Å². The molecule has 2 rings (SSSR count). The Hall–Kier alpha value is -2.82. The van der Waals surface area contributed by atoms with Crippen molar-refractivity contribution in [3.8, 4) is 5.75 Å². The highest BCUT2D eigenvalue weighted by Crippen LogP contribution is 2.17. The van der Waals surface area contributed by atoms with E-state index in [0.717, 1.165) is 16.7 Å². The standard InChI is InChI=1S/C24H32N2O3/c1-17(2)14-25-24(28)20(5)26(15-21-9-7-6-8-10-21)23(27)16-29-22-12-18(3)11-19(4)13-22/h6-13,17,20H,14-16H2,1-5H3,(H,25,28)/t20-/m0/s1. The summed E-state index contributed by atoms with van der Waals surface area (Å²) in [5.74, 6) is 0.624. The van der Waals surface area contributed by atoms with Crippen LogP contribution in [0.3, 0.4) is 0 Å². The van der Waals surface area contributed by atoms with Crippen molar-refractivity contribution >= 4 is 11.8 Å². The zero-order chi connectivity index (χ0) is 21.4. The largest absolute Gasteiger partial charge is 0.484 e. The summed E-state index contributed by atoms with van der Waals surface area (Å²) < 4.78 is 5.75. The zero-order valence-corrected chi connectivity index (χ0v) is 18.1. The lowest BCUT2D eigenvalue weighted by molar-refractivity contribution is -0.142. The predicted octanol–water partition coefficient (Wildman–Crippen LogP) is 3.87. The van der Waals surface area contributed by atoms with Gasteiger partial charge in [-0.25, -0.2) is 0 Å². The van der Waals surface area contributed by atoms with Crippen molar-refractivity contribution in [1.82, 2.24) is 10.2 Å². The minimum Gasteiger partial charge on any atom is -0.484 e. The highest BCUT2D eigenvalue weighted by molar-refractivity contribution is 5.87. The van der Waals surface area contributed by atoms with E-state index in [4.69, 9.17) is 4.74 Å². The van der Waals surface area contributed by atoms with Crippen molar-refractivity contribution in [2.75, 3.05) is 13.2 Å². The summed E-state index contributed by atoms with van der Waals surface area (Å²) in [6, 6.07) is 14.9. The van der Waals surface area contributed by atoms with Gasteiger partial charge in [0.05, 0.1) is 0 Å². The third kappa shape index (κ3) is 7.26. The van der Waals surface area contributed by atoms with Crippen LogP contribution in [0.1, 0.15) is 37.5 Å². The molecule has 156 valence electrons. The van der Waals surface area contributed by atoms with Crippen LogP contribution in [0.25, 0.3) is 0 Å². The number of benzene rings is 2. The van der Waals surface area contributed by atoms with Crippen molar-refractivity contribution in [2.24, 2.45) is 5.92 Å². The highest BCUT2D eigenvalue weighted by Gasteiger charge is 2.26. The van der Waals surface area contributed by atoms with Gasteiger partial charge in [0.25, 0.3) is 5.91 Å². The maximum absolute atomic E-state index is 13.0. The summed E-state index contributed by atoms with van der Waals surface area (Å²) >= 11 is 0. The molecule has 0 fully saturated rings. The molecule has 0 spiro atoms. The second-order valence-corrected chi connectivity index (χ2v) is 7.93. The Balaban J connectivity index is 2.12. The Kier molecular flexibility index (Phi) is 8.25. The van der Waals surface area contributed by atoms with Gasteiger partial charge in [-0.1, -0.05) is 50.2 Å². The number of hydrogen-bond donors (Lipinski definition) is 1. The zero-order valence-electron chi connectivity index (χ0n) is 18.1. The van der Waals surface area contributed by atoms with Crippen LogP contribution in [0.15, 0.2) is 48.5 Å². The van der Waals surface area contributed by atoms with Gasteiger partial charge in [0, 0.05) is 13.1 Å². The maximum Gasteiger partial charge on any atom is 0.261 e. The average molecular weight is 397 g/mol. The molecule has 0 heterocycles. The summed E-state index contributed by atoms with van der Waals surface area (Å²) in [5.41, 5.74) is 3.13. The van der Waals surface area contributed by atoms with Crippen LogP contribution in [0.4, 0.5) is 0 Å². The van der Waals surface area contributed by atoms with E-state index in [-0.39, 0.29) is 18.4 Å². The maximum atomic E-state index is 13.0. The number of carbonyl (C=O) groups excluding carboxylic acids is 2. The first kappa shape index (κ1) is 22.5. The molecular formula is C24H32N2O3. The Bertz CT molecular complexity index is 798. The molecular weight excluding hydrogens is 364 g/mol. The smallest absolute Gasteiger partial charge is 0.261 e. The van der Waals surface area contributed by atoms with Gasteiger partial charge in [0.2, 0.25) is 5.91 Å². The third-order valence-electron chi connectivity index (χ3n) is 4.61. The third-order valence-corrected chi connectivity index (χ3v) is 4.61. The average Bonchev–Trinajstić information content (AvgIpc) is 2.68. The number of nitrogens with one attached hydrogen (secondary N) is 1. The topological polar surface area (TPSA) is 58.6 Å². The number of carbonyl (C=O) groups is 2. The van der Waals surface area contributed by atoms with E-state index < -0.39 is 6.04 Å². The summed E-state index contributed by atoms with van der Waals surface area (Å²) in [6.07, 6.45) is 0. The normalized spacial score (nSPS) is 11.8. The fourth-order valence-electron chi connectivity index (χ4n) is 3.06. The van der Waals surface area contributed by atoms with E-state index in [1.165, 1.54) is 0 Å². The first-order valence-corrected chi connectivity index (χ1v) is 10.1. The van der Waals surface area contributed by atoms with Crippen molar-refractivity contribution < 1.29 is 14.3 Å². The Morgan fingerprint density at radius 3 is 2.21 bits per heavy atom. The summed E-state index contributed by atoms with van der Waals surface area (Å²) in [5, 5.41) is 2.92. The molecule has 5 nitrogen and oxygen atoms in total. The molecule has 0 radical (unpaired) electrons. The fourth-order valence-corrected chi connectivity index (χ4v) is 3.06. The molecule has 2 aromatic carbocycles. The second kappa shape index (κ2) is 10.6. The van der Waals surface area contributed by atoms with Crippen LogP contribution in [0, 0.1) is 19.8 Å². The number of rotatable bonds is 9. The SMILES string of the molecule is Cc1cc(C)cc(OCC(=O)N(Cc2ccccc2)[C@@H](C)C(=O)NCC(C)C)c1. The van der Waals surface area contributed by atoms with Crippen LogP contribution >= 0.6 is 0 Å². The lowest BCUT2D eigenvalue weighted by atomic mass is 10.1. The molecule has 0 aliphatic heterocycles. The monoisotopic (exact) mass is 396 g/mol. The van der Waals surface area contributed by atoms with Gasteiger partial charge in [-0.05, 0) is 55.5 Å². The Morgan fingerprint density at radius 1 is 1.00 bits per heavy atom. The van der Waals surface area contributed by atoms with Gasteiger partial charge in [-0.15, -0.1) is 0 Å². The van der Waals surface area contributed by atoms with Gasteiger partial charge in [-0.3, -0.25) is 9.59 Å². The quantitative estimate of drug-likeness (QED) is 0.700. The second-order valence-electron chi connectivity index (χ2n) is 7.93. The fraction of sp³-hybridized carbons (Fsp3) is 0.417. The van der Waals surface area contributed by atoms with Crippen LogP contribution in [0.2, 0.25) is 0 Å². The Labute approximate surface area is 174 Å². The van der Waals surface area contributed by atoms with E-state index >= 15 is 0 Å². The Morgan fingerprint density at radius 2 is 1.62 bits per heavy atom. The van der Waals surface area contributed by atoms with Gasteiger partial charge < -0.3 is 15.0 Å². The molecule has 0 saturated heterocycles. The molecule has 2 amide bonds. The molecule has 5 heteroatoms. The molecule has 1 N–H and O–H groups in total. The first-order chi connectivity index (χ1) is 13.8. The van der Waals surface area contributed by atoms with E-state index in [0.29, 0.717) is 24.8 Å². The molecule has 0 saturated carbocycles. The summed E-state index contributed by atoms with van der Waals surface area (Å²) in [7, 11) is 0. The number of amides is 2. The lowest BCUT2D eigenvalue weighted by Gasteiger charge is -2.29. The van der Waals surface area contributed by atoms with E-state index in [9.17, 15) is 9.59 Å². The highest BCUT2D eigenvalue weighted by atomic mass is 16.5. The lowest BCUT2D eigenvalue weighted by Crippen LogP contribution is -2.49. The number of ether oxygens (including phenoxy) is 1. The van der Waals surface area contributed by atoms with Gasteiger partial charge >= 0.3 is 0 Å². The molecule has 0 aliphatic carbocycles. The van der Waals surface area contributed by atoms with Crippen molar-refractivity contribution in [2.45, 2.75) is 47.2 Å². The molecule has 0 bridgehead atoms. The number of aryl methyl sites for hydroxylation is 2. The van der Waals surface area contributed by atoms with E-state index in [1.807, 2.05) is 70.2 Å². The first-order valence-electron chi connectivity index (χ1n) is 10.1. The van der Waals surface area contributed by atoms with Crippen LogP contribution in [-0.2, 0) is 16.1 Å². The molecule has 1 atom stereocenters. The molecule has 29 heavy (non-hydrogen) atoms. The van der Waals surface area contributed by atoms with Crippen molar-refractivity contribution in [3.63, 3.8) is 0 Å². The van der Waals surface area contributed by atoms with Crippen molar-refractivity contribution in [1.29, 1.82) is 0 Å². The van der Waals surface area contributed by atoms with Gasteiger partial charge in [0.15, 0.2) is 6.61 Å². The number of hydrogen-bond acceptors (Lipinski definition) is 3. The molecule has 0 aromatic heterocycles. The number of nitrogens with zero attached hydrogens (tertiary/aromatic N) is 1. The predicted molar refractivity (Wildman–Crippen MR) is 116 cm³/mol. The van der Waals surface area contributed by atoms with Gasteiger partial charge in [-0.2, -0.15) is 0 Å². The summed E-state index contributed by atoms with van der Waals surface area (Å²) in [6.45, 7) is 10.6.